The Balaban J connectivity index is 1.70. The van der Waals surface area contributed by atoms with Gasteiger partial charge in [-0.2, -0.15) is 0 Å². The molecule has 7 heteroatoms. The highest BCUT2D eigenvalue weighted by Crippen LogP contribution is 2.19. The molecule has 2 heterocycles. The van der Waals surface area contributed by atoms with Crippen molar-refractivity contribution in [2.45, 2.75) is 13.0 Å². The molecule has 3 rings (SSSR count). The summed E-state index contributed by atoms with van der Waals surface area (Å²) >= 11 is 0. The zero-order valence-corrected chi connectivity index (χ0v) is 13.9. The van der Waals surface area contributed by atoms with Gasteiger partial charge in [0.05, 0.1) is 5.92 Å². The number of pyridine rings is 1. The summed E-state index contributed by atoms with van der Waals surface area (Å²) in [5, 5.41) is 2.82. The van der Waals surface area contributed by atoms with Gasteiger partial charge in [-0.05, 0) is 30.3 Å². The summed E-state index contributed by atoms with van der Waals surface area (Å²) in [6.07, 6.45) is 1.68. The molecule has 2 aromatic rings. The third-order valence-electron chi connectivity index (χ3n) is 4.38. The van der Waals surface area contributed by atoms with E-state index in [4.69, 9.17) is 5.73 Å². The predicted molar refractivity (Wildman–Crippen MR) is 94.4 cm³/mol. The number of benzene rings is 1. The number of rotatable bonds is 3. The number of nitrogens with zero attached hydrogens (tertiary/aromatic N) is 2. The molecule has 1 saturated heterocycles. The summed E-state index contributed by atoms with van der Waals surface area (Å²) in [4.78, 5) is 37.3. The van der Waals surface area contributed by atoms with Crippen LogP contribution in [0.2, 0.25) is 0 Å². The zero-order valence-electron chi connectivity index (χ0n) is 13.9. The van der Waals surface area contributed by atoms with Gasteiger partial charge in [-0.3, -0.25) is 19.0 Å². The zero-order chi connectivity index (χ0) is 18.0. The predicted octanol–water partition coefficient (Wildman–Crippen LogP) is 0.582. The van der Waals surface area contributed by atoms with Gasteiger partial charge in [-0.15, -0.1) is 0 Å². The van der Waals surface area contributed by atoms with E-state index in [0.29, 0.717) is 24.5 Å². The first-order valence-electron chi connectivity index (χ1n) is 8.06. The van der Waals surface area contributed by atoms with Crippen molar-refractivity contribution in [3.8, 4) is 5.69 Å². The summed E-state index contributed by atoms with van der Waals surface area (Å²) in [7, 11) is 0. The molecule has 0 aliphatic carbocycles. The second kappa shape index (κ2) is 6.90. The molecule has 2 atom stereocenters. The first kappa shape index (κ1) is 16.9. The summed E-state index contributed by atoms with van der Waals surface area (Å²) < 4.78 is 1.52. The highest BCUT2D eigenvalue weighted by atomic mass is 16.2. The van der Waals surface area contributed by atoms with Crippen LogP contribution in [0.3, 0.4) is 0 Å². The van der Waals surface area contributed by atoms with Crippen molar-refractivity contribution in [1.29, 1.82) is 0 Å². The summed E-state index contributed by atoms with van der Waals surface area (Å²) in [5.41, 5.74) is 7.19. The van der Waals surface area contributed by atoms with Crippen LogP contribution < -0.4 is 16.6 Å². The normalized spacial score (nSPS) is 19.7. The summed E-state index contributed by atoms with van der Waals surface area (Å²) in [5.74, 6) is -0.718. The monoisotopic (exact) mass is 340 g/mol. The molecule has 3 N–H and O–H groups in total. The number of aromatic nitrogens is 1. The minimum atomic E-state index is -0.430. The molecule has 130 valence electrons. The van der Waals surface area contributed by atoms with E-state index in [1.54, 1.807) is 47.5 Å². The molecule has 1 aromatic carbocycles. The molecular formula is C18H20N4O3. The van der Waals surface area contributed by atoms with Gasteiger partial charge in [0.2, 0.25) is 11.8 Å². The van der Waals surface area contributed by atoms with Crippen molar-refractivity contribution >= 4 is 17.5 Å². The number of carbonyl (C=O) groups excluding carboxylic acids is 2. The molecule has 1 fully saturated rings. The van der Waals surface area contributed by atoms with E-state index in [9.17, 15) is 14.4 Å². The van der Waals surface area contributed by atoms with Crippen LogP contribution in [-0.4, -0.2) is 40.4 Å². The van der Waals surface area contributed by atoms with Gasteiger partial charge >= 0.3 is 0 Å². The molecule has 1 aliphatic rings. The maximum Gasteiger partial charge on any atom is 0.255 e. The molecule has 0 spiro atoms. The number of likely N-dealkylation sites (tertiary alicyclic amines) is 1. The van der Waals surface area contributed by atoms with Crippen molar-refractivity contribution in [3.05, 3.63) is 59.0 Å². The van der Waals surface area contributed by atoms with Gasteiger partial charge in [0, 0.05) is 49.7 Å². The Morgan fingerprint density at radius 3 is 2.44 bits per heavy atom. The van der Waals surface area contributed by atoms with E-state index in [2.05, 4.69) is 5.32 Å². The number of hydrogen-bond donors (Lipinski definition) is 2. The summed E-state index contributed by atoms with van der Waals surface area (Å²) in [6, 6.07) is 11.6. The third-order valence-corrected chi connectivity index (χ3v) is 4.38. The molecule has 0 bridgehead atoms. The Kier molecular flexibility index (Phi) is 4.67. The largest absolute Gasteiger partial charge is 0.340 e. The van der Waals surface area contributed by atoms with Crippen LogP contribution in [-0.2, 0) is 9.59 Å². The molecule has 1 aromatic heterocycles. The molecule has 2 amide bonds. The smallest absolute Gasteiger partial charge is 0.255 e. The molecular weight excluding hydrogens is 320 g/mol. The van der Waals surface area contributed by atoms with Crippen LogP contribution in [0, 0.1) is 5.92 Å². The van der Waals surface area contributed by atoms with Gasteiger partial charge in [-0.25, -0.2) is 0 Å². The van der Waals surface area contributed by atoms with E-state index in [1.165, 1.54) is 17.6 Å². The number of anilines is 1. The topological polar surface area (TPSA) is 97.4 Å². The number of hydrogen-bond acceptors (Lipinski definition) is 4. The van der Waals surface area contributed by atoms with Gasteiger partial charge in [0.15, 0.2) is 0 Å². The fourth-order valence-electron chi connectivity index (χ4n) is 2.94. The Morgan fingerprint density at radius 2 is 1.84 bits per heavy atom. The van der Waals surface area contributed by atoms with Crippen LogP contribution in [0.15, 0.2) is 53.5 Å². The van der Waals surface area contributed by atoms with Crippen LogP contribution in [0.4, 0.5) is 5.69 Å². The average molecular weight is 340 g/mol. The highest BCUT2D eigenvalue weighted by Gasteiger charge is 2.36. The van der Waals surface area contributed by atoms with Crippen molar-refractivity contribution in [1.82, 2.24) is 9.47 Å². The molecule has 0 radical (unpaired) electrons. The maximum absolute atomic E-state index is 12.4. The molecule has 0 saturated carbocycles. The lowest BCUT2D eigenvalue weighted by Gasteiger charge is -2.15. The number of carbonyl (C=O) groups is 2. The first-order valence-corrected chi connectivity index (χ1v) is 8.06. The van der Waals surface area contributed by atoms with Crippen molar-refractivity contribution in [3.63, 3.8) is 0 Å². The van der Waals surface area contributed by atoms with Gasteiger partial charge in [-0.1, -0.05) is 6.07 Å². The SMILES string of the molecule is CC(=O)N1CC(N)C(C(=O)Nc2ccc(-n3ccccc3=O)cc2)C1. The minimum Gasteiger partial charge on any atom is -0.340 e. The Bertz CT molecular complexity index is 844. The lowest BCUT2D eigenvalue weighted by atomic mass is 10.0. The van der Waals surface area contributed by atoms with Crippen LogP contribution in [0.5, 0.6) is 0 Å². The summed E-state index contributed by atoms with van der Waals surface area (Å²) in [6.45, 7) is 2.19. The lowest BCUT2D eigenvalue weighted by Crippen LogP contribution is -2.37. The molecule has 7 nitrogen and oxygen atoms in total. The standard InChI is InChI=1S/C18H20N4O3/c1-12(23)21-10-15(16(19)11-21)18(25)20-13-5-7-14(8-6-13)22-9-3-2-4-17(22)24/h2-9,15-16H,10-11,19H2,1H3,(H,20,25). The maximum atomic E-state index is 12.4. The number of nitrogens with two attached hydrogens (primary N) is 1. The molecule has 1 aliphatic heterocycles. The molecule has 2 unspecified atom stereocenters. The molecule has 25 heavy (non-hydrogen) atoms. The van der Waals surface area contributed by atoms with E-state index >= 15 is 0 Å². The van der Waals surface area contributed by atoms with Crippen molar-refractivity contribution < 1.29 is 9.59 Å². The first-order chi connectivity index (χ1) is 12.0. The third kappa shape index (κ3) is 3.61. The van der Waals surface area contributed by atoms with Gasteiger partial charge in [0.1, 0.15) is 0 Å². The van der Waals surface area contributed by atoms with Gasteiger partial charge in [0.25, 0.3) is 5.56 Å². The Morgan fingerprint density at radius 1 is 1.12 bits per heavy atom. The highest BCUT2D eigenvalue weighted by molar-refractivity contribution is 5.94. The quantitative estimate of drug-likeness (QED) is 0.854. The fraction of sp³-hybridized carbons (Fsp3) is 0.278. The van der Waals surface area contributed by atoms with E-state index in [-0.39, 0.29) is 23.4 Å². The van der Waals surface area contributed by atoms with E-state index < -0.39 is 5.92 Å². The lowest BCUT2D eigenvalue weighted by molar-refractivity contribution is -0.128. The van der Waals surface area contributed by atoms with Gasteiger partial charge < -0.3 is 16.0 Å². The number of amides is 2. The second-order valence-corrected chi connectivity index (χ2v) is 6.14. The Hall–Kier alpha value is -2.93. The van der Waals surface area contributed by atoms with Crippen LogP contribution >= 0.6 is 0 Å². The fourth-order valence-corrected chi connectivity index (χ4v) is 2.94. The second-order valence-electron chi connectivity index (χ2n) is 6.14. The van der Waals surface area contributed by atoms with Crippen molar-refractivity contribution in [2.24, 2.45) is 11.7 Å². The average Bonchev–Trinajstić information content (AvgIpc) is 2.98. The minimum absolute atomic E-state index is 0.0802. The van der Waals surface area contributed by atoms with Crippen molar-refractivity contribution in [2.75, 3.05) is 18.4 Å². The van der Waals surface area contributed by atoms with Crippen LogP contribution in [0.25, 0.3) is 5.69 Å². The van der Waals surface area contributed by atoms with E-state index in [0.717, 1.165) is 0 Å². The Labute approximate surface area is 145 Å². The number of nitrogens with one attached hydrogen (secondary N) is 1. The van der Waals surface area contributed by atoms with E-state index in [1.807, 2.05) is 0 Å². The van der Waals surface area contributed by atoms with Crippen LogP contribution in [0.1, 0.15) is 6.92 Å².